The van der Waals surface area contributed by atoms with Crippen molar-refractivity contribution in [1.82, 2.24) is 4.90 Å². The minimum atomic E-state index is -0.305. The minimum absolute atomic E-state index is 0.0302. The maximum atomic E-state index is 12.3. The second-order valence-electron chi connectivity index (χ2n) is 6.17. The van der Waals surface area contributed by atoms with Crippen LogP contribution in [0.15, 0.2) is 0 Å². The number of esters is 1. The Labute approximate surface area is 141 Å². The van der Waals surface area contributed by atoms with Gasteiger partial charge in [0.1, 0.15) is 5.00 Å². The summed E-state index contributed by atoms with van der Waals surface area (Å²) in [6.45, 7) is 4.53. The van der Waals surface area contributed by atoms with Gasteiger partial charge in [0.05, 0.1) is 18.7 Å². The zero-order valence-electron chi connectivity index (χ0n) is 13.7. The molecule has 0 spiro atoms. The number of piperidine rings is 1. The molecule has 5 nitrogen and oxygen atoms in total. The molecular weight excluding hydrogens is 312 g/mol. The molecule has 0 aromatic carbocycles. The first-order valence-corrected chi connectivity index (χ1v) is 9.34. The van der Waals surface area contributed by atoms with Crippen molar-refractivity contribution in [3.63, 3.8) is 0 Å². The molecule has 23 heavy (non-hydrogen) atoms. The summed E-state index contributed by atoms with van der Waals surface area (Å²) < 4.78 is 5.19. The number of hydrogen-bond acceptors (Lipinski definition) is 5. The van der Waals surface area contributed by atoms with E-state index in [9.17, 15) is 9.59 Å². The number of nitrogens with one attached hydrogen (secondary N) is 1. The normalized spacial score (nSPS) is 17.8. The Morgan fingerprint density at radius 1 is 1.17 bits per heavy atom. The lowest BCUT2D eigenvalue weighted by Gasteiger charge is -2.25. The Balaban J connectivity index is 1.71. The van der Waals surface area contributed by atoms with Gasteiger partial charge in [-0.3, -0.25) is 9.69 Å². The average molecular weight is 336 g/mol. The molecule has 0 atom stereocenters. The van der Waals surface area contributed by atoms with Crippen molar-refractivity contribution in [2.75, 3.05) is 31.6 Å². The number of fused-ring (bicyclic) bond motifs is 1. The number of rotatable bonds is 5. The van der Waals surface area contributed by atoms with Gasteiger partial charge in [-0.25, -0.2) is 4.79 Å². The summed E-state index contributed by atoms with van der Waals surface area (Å²) in [5, 5.41) is 3.64. The molecule has 0 bridgehead atoms. The fourth-order valence-electron chi connectivity index (χ4n) is 3.40. The van der Waals surface area contributed by atoms with E-state index in [0.717, 1.165) is 50.8 Å². The Morgan fingerprint density at radius 3 is 2.70 bits per heavy atom. The van der Waals surface area contributed by atoms with Crippen LogP contribution in [-0.4, -0.2) is 43.0 Å². The first kappa shape index (κ1) is 16.5. The number of hydrogen-bond donors (Lipinski definition) is 1. The highest BCUT2D eigenvalue weighted by Gasteiger charge is 2.28. The van der Waals surface area contributed by atoms with Crippen LogP contribution in [0.2, 0.25) is 0 Å². The third-order valence-electron chi connectivity index (χ3n) is 4.47. The Morgan fingerprint density at radius 2 is 1.96 bits per heavy atom. The molecule has 0 radical (unpaired) electrons. The molecule has 1 N–H and O–H groups in total. The van der Waals surface area contributed by atoms with Gasteiger partial charge in [-0.05, 0) is 57.7 Å². The van der Waals surface area contributed by atoms with Crippen molar-refractivity contribution < 1.29 is 14.3 Å². The molecule has 2 aliphatic rings. The van der Waals surface area contributed by atoms with Crippen LogP contribution in [0.4, 0.5) is 5.00 Å². The highest BCUT2D eigenvalue weighted by Crippen LogP contribution is 2.39. The molecule has 126 valence electrons. The number of thiophene rings is 1. The zero-order chi connectivity index (χ0) is 16.2. The van der Waals surface area contributed by atoms with E-state index in [2.05, 4.69) is 10.2 Å². The molecule has 0 unspecified atom stereocenters. The van der Waals surface area contributed by atoms with E-state index in [0.29, 0.717) is 23.7 Å². The van der Waals surface area contributed by atoms with Gasteiger partial charge in [-0.1, -0.05) is 6.42 Å². The Hall–Kier alpha value is -1.40. The van der Waals surface area contributed by atoms with Crippen molar-refractivity contribution >= 4 is 28.2 Å². The van der Waals surface area contributed by atoms with Crippen molar-refractivity contribution in [3.05, 3.63) is 16.0 Å². The van der Waals surface area contributed by atoms with Gasteiger partial charge in [0.15, 0.2) is 0 Å². The van der Waals surface area contributed by atoms with Crippen LogP contribution in [0.3, 0.4) is 0 Å². The number of aryl methyl sites for hydroxylation is 1. The zero-order valence-corrected chi connectivity index (χ0v) is 14.5. The molecular formula is C17H24N2O3S. The number of likely N-dealkylation sites (tertiary alicyclic amines) is 1. The lowest BCUT2D eigenvalue weighted by Crippen LogP contribution is -2.36. The summed E-state index contributed by atoms with van der Waals surface area (Å²) in [6.07, 6.45) is 6.55. The lowest BCUT2D eigenvalue weighted by molar-refractivity contribution is -0.117. The third-order valence-corrected chi connectivity index (χ3v) is 5.68. The number of amides is 1. The molecule has 1 aromatic heterocycles. The maximum Gasteiger partial charge on any atom is 0.341 e. The number of nitrogens with zero attached hydrogens (tertiary/aromatic N) is 1. The first-order valence-electron chi connectivity index (χ1n) is 8.53. The van der Waals surface area contributed by atoms with E-state index < -0.39 is 0 Å². The molecule has 1 aromatic rings. The second-order valence-corrected chi connectivity index (χ2v) is 7.27. The molecule has 1 aliphatic heterocycles. The third kappa shape index (κ3) is 3.75. The summed E-state index contributed by atoms with van der Waals surface area (Å²) in [6, 6.07) is 0. The molecule has 0 saturated carbocycles. The molecule has 6 heteroatoms. The van der Waals surface area contributed by atoms with Crippen molar-refractivity contribution in [1.29, 1.82) is 0 Å². The van der Waals surface area contributed by atoms with Crippen LogP contribution >= 0.6 is 11.3 Å². The van der Waals surface area contributed by atoms with E-state index >= 15 is 0 Å². The summed E-state index contributed by atoms with van der Waals surface area (Å²) in [4.78, 5) is 28.0. The quantitative estimate of drug-likeness (QED) is 0.840. The molecule has 1 fully saturated rings. The van der Waals surface area contributed by atoms with E-state index in [1.807, 2.05) is 0 Å². The summed E-state index contributed by atoms with van der Waals surface area (Å²) in [7, 11) is 0. The van der Waals surface area contributed by atoms with Gasteiger partial charge in [0.2, 0.25) is 5.91 Å². The molecule has 3 rings (SSSR count). The van der Waals surface area contributed by atoms with Crippen LogP contribution in [0.5, 0.6) is 0 Å². The molecule has 1 aliphatic carbocycles. The van der Waals surface area contributed by atoms with Crippen LogP contribution in [-0.2, 0) is 22.4 Å². The number of ether oxygens (including phenoxy) is 1. The standard InChI is InChI=1S/C17H24N2O3S/c1-2-22-17(21)15-12-7-6-8-13(12)23-16(15)18-14(20)11-19-9-4-3-5-10-19/h2-11H2,1H3,(H,18,20). The molecule has 2 heterocycles. The summed E-state index contributed by atoms with van der Waals surface area (Å²) in [5.41, 5.74) is 1.68. The van der Waals surface area contributed by atoms with Crippen LogP contribution < -0.4 is 5.32 Å². The molecule has 1 saturated heterocycles. The first-order chi connectivity index (χ1) is 11.2. The fourth-order valence-corrected chi connectivity index (χ4v) is 4.69. The minimum Gasteiger partial charge on any atom is -0.462 e. The van der Waals surface area contributed by atoms with Crippen molar-refractivity contribution in [3.8, 4) is 0 Å². The van der Waals surface area contributed by atoms with Crippen molar-refractivity contribution in [2.24, 2.45) is 0 Å². The number of carbonyl (C=O) groups excluding carboxylic acids is 2. The predicted molar refractivity (Wildman–Crippen MR) is 91.2 cm³/mol. The van der Waals surface area contributed by atoms with Gasteiger partial charge in [0.25, 0.3) is 0 Å². The monoisotopic (exact) mass is 336 g/mol. The highest BCUT2D eigenvalue weighted by molar-refractivity contribution is 7.17. The van der Waals surface area contributed by atoms with E-state index in [4.69, 9.17) is 4.74 Å². The van der Waals surface area contributed by atoms with E-state index in [1.165, 1.54) is 11.3 Å². The molecule has 1 amide bonds. The fraction of sp³-hybridized carbons (Fsp3) is 0.647. The van der Waals surface area contributed by atoms with Gasteiger partial charge in [-0.2, -0.15) is 0 Å². The SMILES string of the molecule is CCOC(=O)c1c(NC(=O)CN2CCCCC2)sc2c1CCC2. The Bertz CT molecular complexity index is 591. The Kier molecular flexibility index (Phi) is 5.33. The van der Waals surface area contributed by atoms with Crippen LogP contribution in [0.25, 0.3) is 0 Å². The number of carbonyl (C=O) groups is 2. The van der Waals surface area contributed by atoms with E-state index in [-0.39, 0.29) is 11.9 Å². The van der Waals surface area contributed by atoms with Crippen molar-refractivity contribution in [2.45, 2.75) is 45.4 Å². The second kappa shape index (κ2) is 7.45. The topological polar surface area (TPSA) is 58.6 Å². The average Bonchev–Trinajstić information content (AvgIpc) is 3.08. The van der Waals surface area contributed by atoms with Gasteiger partial charge in [0, 0.05) is 4.88 Å². The van der Waals surface area contributed by atoms with Gasteiger partial charge in [-0.15, -0.1) is 11.3 Å². The lowest BCUT2D eigenvalue weighted by atomic mass is 10.1. The van der Waals surface area contributed by atoms with E-state index in [1.54, 1.807) is 18.3 Å². The predicted octanol–water partition coefficient (Wildman–Crippen LogP) is 2.84. The summed E-state index contributed by atoms with van der Waals surface area (Å²) >= 11 is 1.54. The highest BCUT2D eigenvalue weighted by atomic mass is 32.1. The number of anilines is 1. The smallest absolute Gasteiger partial charge is 0.341 e. The van der Waals surface area contributed by atoms with Gasteiger partial charge >= 0.3 is 5.97 Å². The maximum absolute atomic E-state index is 12.3. The van der Waals surface area contributed by atoms with Gasteiger partial charge < -0.3 is 10.1 Å². The largest absolute Gasteiger partial charge is 0.462 e. The van der Waals surface area contributed by atoms with Crippen LogP contribution in [0, 0.1) is 0 Å². The summed E-state index contributed by atoms with van der Waals surface area (Å²) in [5.74, 6) is -0.336. The van der Waals surface area contributed by atoms with Crippen LogP contribution in [0.1, 0.15) is 53.4 Å².